The van der Waals surface area contributed by atoms with Crippen molar-refractivity contribution in [2.45, 2.75) is 6.61 Å². The molecule has 2 rings (SSSR count). The lowest BCUT2D eigenvalue weighted by Gasteiger charge is -2.02. The Hall–Kier alpha value is -1.97. The number of nitrogens with zero attached hydrogens (tertiary/aromatic N) is 2. The molecule has 0 aromatic carbocycles. The number of hydrogen-bond acceptors (Lipinski definition) is 3. The Morgan fingerprint density at radius 1 is 1.14 bits per heavy atom. The topological polar surface area (TPSA) is 49.2 Å². The van der Waals surface area contributed by atoms with E-state index in [0.29, 0.717) is 12.4 Å². The maximum atomic E-state index is 5.45. The molecule has 4 heteroatoms. The van der Waals surface area contributed by atoms with Crippen LogP contribution in [0.3, 0.4) is 0 Å². The summed E-state index contributed by atoms with van der Waals surface area (Å²) in [6.45, 7) is 0.394. The van der Waals surface area contributed by atoms with Gasteiger partial charge in [-0.15, -0.1) is 0 Å². The van der Waals surface area contributed by atoms with Gasteiger partial charge in [0, 0.05) is 24.5 Å². The third-order valence-corrected chi connectivity index (χ3v) is 1.67. The Balaban J connectivity index is 1.96. The first-order valence-electron chi connectivity index (χ1n) is 4.30. The zero-order valence-electron chi connectivity index (χ0n) is 7.55. The minimum absolute atomic E-state index is 0.394. The number of H-pyrrole nitrogens is 1. The van der Waals surface area contributed by atoms with Gasteiger partial charge in [0.2, 0.25) is 0 Å². The van der Waals surface area contributed by atoms with Crippen molar-refractivity contribution in [1.82, 2.24) is 9.97 Å². The molecule has 0 aliphatic heterocycles. The first-order valence-corrected chi connectivity index (χ1v) is 4.30. The predicted molar refractivity (Wildman–Crippen MR) is 49.4 cm³/mol. The molecule has 70 valence electrons. The summed E-state index contributed by atoms with van der Waals surface area (Å²) in [6, 6.07) is 5.48. The molecule has 2 aromatic rings. The quantitative estimate of drug-likeness (QED) is 0.718. The third kappa shape index (κ3) is 2.26. The van der Waals surface area contributed by atoms with Crippen molar-refractivity contribution >= 4 is 0 Å². The molecule has 14 heavy (non-hydrogen) atoms. The molecule has 0 fully saturated rings. The van der Waals surface area contributed by atoms with Gasteiger partial charge in [0.25, 0.3) is 0 Å². The van der Waals surface area contributed by atoms with Gasteiger partial charge in [-0.1, -0.05) is 0 Å². The molecule has 0 atom stereocenters. The van der Waals surface area contributed by atoms with Crippen LogP contribution in [0, 0.1) is 0 Å². The largest absolute Gasteiger partial charge is 0.485 e. The molecular formula is C10H10N3O+. The fourth-order valence-electron chi connectivity index (χ4n) is 1.02. The summed E-state index contributed by atoms with van der Waals surface area (Å²) in [5, 5.41) is 0. The molecule has 0 unspecified atom stereocenters. The first kappa shape index (κ1) is 8.62. The summed E-state index contributed by atoms with van der Waals surface area (Å²) in [4.78, 5) is 11.0. The van der Waals surface area contributed by atoms with E-state index in [4.69, 9.17) is 4.74 Å². The van der Waals surface area contributed by atoms with Gasteiger partial charge in [0.05, 0.1) is 0 Å². The fraction of sp³-hybridized carbons (Fsp3) is 0.100. The van der Waals surface area contributed by atoms with Crippen LogP contribution in [0.5, 0.6) is 5.75 Å². The minimum atomic E-state index is 0.394. The smallest absolute Gasteiger partial charge is 0.170 e. The van der Waals surface area contributed by atoms with Gasteiger partial charge in [0.1, 0.15) is 12.4 Å². The van der Waals surface area contributed by atoms with Crippen molar-refractivity contribution in [3.05, 3.63) is 48.8 Å². The Bertz CT molecular complexity index is 338. The van der Waals surface area contributed by atoms with Gasteiger partial charge in [-0.05, 0) is 6.07 Å². The lowest BCUT2D eigenvalue weighted by molar-refractivity contribution is -0.378. The number of nitrogens with one attached hydrogen (secondary N) is 1. The van der Waals surface area contributed by atoms with Gasteiger partial charge in [-0.3, -0.25) is 0 Å². The summed E-state index contributed by atoms with van der Waals surface area (Å²) in [7, 11) is 0. The van der Waals surface area contributed by atoms with Crippen molar-refractivity contribution in [3.63, 3.8) is 0 Å². The monoisotopic (exact) mass is 188 g/mol. The van der Waals surface area contributed by atoms with Gasteiger partial charge in [0.15, 0.2) is 18.2 Å². The van der Waals surface area contributed by atoms with Crippen LogP contribution in [-0.2, 0) is 6.61 Å². The number of hydrogen-bond donors (Lipinski definition) is 0. The van der Waals surface area contributed by atoms with Crippen molar-refractivity contribution in [2.24, 2.45) is 0 Å². The summed E-state index contributed by atoms with van der Waals surface area (Å²) < 4.78 is 5.45. The molecule has 4 nitrogen and oxygen atoms in total. The van der Waals surface area contributed by atoms with Crippen LogP contribution in [-0.4, -0.2) is 9.97 Å². The summed E-state index contributed by atoms with van der Waals surface area (Å²) in [6.07, 6.45) is 7.01. The maximum absolute atomic E-state index is 5.45. The lowest BCUT2D eigenvalue weighted by atomic mass is 10.4. The average molecular weight is 188 g/mol. The molecular weight excluding hydrogens is 178 g/mol. The zero-order chi connectivity index (χ0) is 9.64. The van der Waals surface area contributed by atoms with Crippen LogP contribution in [0.4, 0.5) is 0 Å². The van der Waals surface area contributed by atoms with E-state index in [1.807, 2.05) is 12.1 Å². The predicted octanol–water partition coefficient (Wildman–Crippen LogP) is 0.870. The first-order chi connectivity index (χ1) is 6.95. The number of ether oxygens (including phenoxy) is 1. The van der Waals surface area contributed by atoms with Crippen molar-refractivity contribution in [3.8, 4) is 5.75 Å². The highest BCUT2D eigenvalue weighted by molar-refractivity contribution is 5.14. The molecule has 0 spiro atoms. The molecule has 0 aliphatic rings. The van der Waals surface area contributed by atoms with Gasteiger partial charge in [-0.25, -0.2) is 15.0 Å². The van der Waals surface area contributed by atoms with E-state index in [-0.39, 0.29) is 0 Å². The second kappa shape index (κ2) is 4.32. The Morgan fingerprint density at radius 3 is 2.57 bits per heavy atom. The van der Waals surface area contributed by atoms with Crippen LogP contribution in [0.2, 0.25) is 0 Å². The third-order valence-electron chi connectivity index (χ3n) is 1.67. The van der Waals surface area contributed by atoms with Crippen LogP contribution in [0.25, 0.3) is 0 Å². The average Bonchev–Trinajstić information content (AvgIpc) is 2.29. The minimum Gasteiger partial charge on any atom is -0.485 e. The van der Waals surface area contributed by atoms with Crippen molar-refractivity contribution in [2.75, 3.05) is 0 Å². The summed E-state index contributed by atoms with van der Waals surface area (Å²) >= 11 is 0. The fourth-order valence-corrected chi connectivity index (χ4v) is 1.02. The lowest BCUT2D eigenvalue weighted by Crippen LogP contribution is -2.02. The molecule has 0 saturated carbocycles. The van der Waals surface area contributed by atoms with Crippen LogP contribution < -0.4 is 9.72 Å². The Kier molecular flexibility index (Phi) is 2.66. The van der Waals surface area contributed by atoms with Crippen LogP contribution in [0.1, 0.15) is 5.82 Å². The maximum Gasteiger partial charge on any atom is 0.170 e. The molecule has 2 aromatic heterocycles. The number of rotatable bonds is 3. The molecule has 0 aliphatic carbocycles. The normalized spacial score (nSPS) is 9.71. The summed E-state index contributed by atoms with van der Waals surface area (Å²) in [5.41, 5.74) is 0. The van der Waals surface area contributed by atoms with E-state index in [0.717, 1.165) is 5.75 Å². The molecule has 0 amide bonds. The second-order valence-electron chi connectivity index (χ2n) is 2.69. The van der Waals surface area contributed by atoms with E-state index in [1.54, 1.807) is 30.9 Å². The molecule has 0 saturated heterocycles. The molecule has 2 heterocycles. The number of aromatic nitrogens is 3. The van der Waals surface area contributed by atoms with Crippen molar-refractivity contribution < 1.29 is 9.72 Å². The highest BCUT2D eigenvalue weighted by atomic mass is 16.5. The van der Waals surface area contributed by atoms with E-state index >= 15 is 0 Å². The molecule has 0 radical (unpaired) electrons. The van der Waals surface area contributed by atoms with E-state index in [9.17, 15) is 0 Å². The van der Waals surface area contributed by atoms with Crippen LogP contribution in [0.15, 0.2) is 43.0 Å². The van der Waals surface area contributed by atoms with Crippen LogP contribution >= 0.6 is 0 Å². The SMILES string of the molecule is c1cnc(COc2cc[nH+]cc2)nc1. The van der Waals surface area contributed by atoms with E-state index in [1.165, 1.54) is 0 Å². The van der Waals surface area contributed by atoms with Crippen molar-refractivity contribution in [1.29, 1.82) is 0 Å². The Labute approximate surface area is 81.6 Å². The van der Waals surface area contributed by atoms with Gasteiger partial charge in [-0.2, -0.15) is 0 Å². The Morgan fingerprint density at radius 2 is 1.86 bits per heavy atom. The molecule has 0 bridgehead atoms. The van der Waals surface area contributed by atoms with E-state index in [2.05, 4.69) is 15.0 Å². The highest BCUT2D eigenvalue weighted by Gasteiger charge is 1.97. The zero-order valence-corrected chi connectivity index (χ0v) is 7.55. The van der Waals surface area contributed by atoms with E-state index < -0.39 is 0 Å². The van der Waals surface area contributed by atoms with Gasteiger partial charge < -0.3 is 4.74 Å². The van der Waals surface area contributed by atoms with Gasteiger partial charge >= 0.3 is 0 Å². The number of pyridine rings is 1. The number of aromatic amines is 1. The highest BCUT2D eigenvalue weighted by Crippen LogP contribution is 2.06. The second-order valence-corrected chi connectivity index (χ2v) is 2.69. The summed E-state index contributed by atoms with van der Waals surface area (Å²) in [5.74, 6) is 1.48. The standard InChI is InChI=1S/C10H9N3O/c1-4-12-10(13-5-1)8-14-9-2-6-11-7-3-9/h1-7H,8H2/p+1. The molecule has 1 N–H and O–H groups in total.